The molecule has 0 fully saturated rings. The number of pyridine rings is 1. The van der Waals surface area contributed by atoms with Crippen molar-refractivity contribution in [3.05, 3.63) is 57.5 Å². The number of nitrogens with zero attached hydrogens (tertiary/aromatic N) is 1. The summed E-state index contributed by atoms with van der Waals surface area (Å²) in [5.41, 5.74) is 3.97. The maximum atomic E-state index is 12.2. The molecule has 0 radical (unpaired) electrons. The lowest BCUT2D eigenvalue weighted by atomic mass is 9.92. The van der Waals surface area contributed by atoms with Gasteiger partial charge in [0.05, 0.1) is 0 Å². The monoisotopic (exact) mass is 264 g/mol. The molecular weight excluding hydrogens is 248 g/mol. The molecule has 0 aliphatic heterocycles. The van der Waals surface area contributed by atoms with E-state index in [9.17, 15) is 10.1 Å². The minimum absolute atomic E-state index is 0.247. The smallest absolute Gasteiger partial charge is 0.266 e. The minimum Gasteiger partial charge on any atom is -0.325 e. The van der Waals surface area contributed by atoms with Crippen molar-refractivity contribution in [2.45, 2.75) is 32.1 Å². The Kier molecular flexibility index (Phi) is 3.39. The Morgan fingerprint density at radius 2 is 1.80 bits per heavy atom. The van der Waals surface area contributed by atoms with Crippen LogP contribution in [-0.2, 0) is 12.8 Å². The number of hydrogen-bond donors (Lipinski definition) is 1. The van der Waals surface area contributed by atoms with Gasteiger partial charge in [0.25, 0.3) is 5.56 Å². The van der Waals surface area contributed by atoms with Crippen LogP contribution in [0, 0.1) is 11.3 Å². The summed E-state index contributed by atoms with van der Waals surface area (Å²) in [4.78, 5) is 15.1. The summed E-state index contributed by atoms with van der Waals surface area (Å²) in [7, 11) is 0. The SMILES string of the molecule is N#Cc1c(-c2ccccc2)c2c([nH]c1=O)CCCCC2. The van der Waals surface area contributed by atoms with Gasteiger partial charge in [0, 0.05) is 11.3 Å². The van der Waals surface area contributed by atoms with Gasteiger partial charge in [-0.05, 0) is 36.8 Å². The molecule has 0 saturated carbocycles. The second-order valence-corrected chi connectivity index (χ2v) is 5.20. The molecule has 20 heavy (non-hydrogen) atoms. The Morgan fingerprint density at radius 3 is 2.55 bits per heavy atom. The van der Waals surface area contributed by atoms with Gasteiger partial charge in [0.1, 0.15) is 11.6 Å². The highest BCUT2D eigenvalue weighted by Gasteiger charge is 2.19. The van der Waals surface area contributed by atoms with Crippen molar-refractivity contribution >= 4 is 0 Å². The highest BCUT2D eigenvalue weighted by Crippen LogP contribution is 2.31. The van der Waals surface area contributed by atoms with Crippen LogP contribution < -0.4 is 5.56 Å². The van der Waals surface area contributed by atoms with Gasteiger partial charge in [-0.1, -0.05) is 36.8 Å². The highest BCUT2D eigenvalue weighted by atomic mass is 16.1. The lowest BCUT2D eigenvalue weighted by molar-refractivity contribution is 0.708. The number of H-pyrrole nitrogens is 1. The summed E-state index contributed by atoms with van der Waals surface area (Å²) < 4.78 is 0. The van der Waals surface area contributed by atoms with Crippen molar-refractivity contribution in [1.29, 1.82) is 5.26 Å². The van der Waals surface area contributed by atoms with E-state index in [0.717, 1.165) is 48.1 Å². The summed E-state index contributed by atoms with van der Waals surface area (Å²) in [6.07, 6.45) is 5.22. The van der Waals surface area contributed by atoms with Crippen molar-refractivity contribution < 1.29 is 0 Å². The maximum Gasteiger partial charge on any atom is 0.266 e. The molecule has 0 bridgehead atoms. The van der Waals surface area contributed by atoms with Gasteiger partial charge in [-0.25, -0.2) is 0 Å². The topological polar surface area (TPSA) is 56.6 Å². The zero-order chi connectivity index (χ0) is 13.9. The molecule has 1 aromatic carbocycles. The molecule has 0 atom stereocenters. The third-order valence-corrected chi connectivity index (χ3v) is 3.94. The number of aryl methyl sites for hydroxylation is 1. The van der Waals surface area contributed by atoms with Gasteiger partial charge in [-0.3, -0.25) is 4.79 Å². The van der Waals surface area contributed by atoms with Gasteiger partial charge < -0.3 is 4.98 Å². The first-order valence-corrected chi connectivity index (χ1v) is 7.05. The lowest BCUT2D eigenvalue weighted by Crippen LogP contribution is -2.17. The molecule has 2 aromatic rings. The zero-order valence-corrected chi connectivity index (χ0v) is 11.3. The Hall–Kier alpha value is -2.34. The van der Waals surface area contributed by atoms with E-state index in [-0.39, 0.29) is 11.1 Å². The Bertz CT molecular complexity index is 723. The second-order valence-electron chi connectivity index (χ2n) is 5.20. The van der Waals surface area contributed by atoms with Gasteiger partial charge in [0.2, 0.25) is 0 Å². The van der Waals surface area contributed by atoms with E-state index in [4.69, 9.17) is 0 Å². The van der Waals surface area contributed by atoms with Crippen LogP contribution in [0.3, 0.4) is 0 Å². The van der Waals surface area contributed by atoms with Gasteiger partial charge >= 0.3 is 0 Å². The fourth-order valence-electron chi connectivity index (χ4n) is 2.99. The Balaban J connectivity index is 2.33. The van der Waals surface area contributed by atoms with Crippen LogP contribution in [-0.4, -0.2) is 4.98 Å². The number of benzene rings is 1. The molecule has 0 unspecified atom stereocenters. The third kappa shape index (κ3) is 2.14. The van der Waals surface area contributed by atoms with Crippen LogP contribution in [0.4, 0.5) is 0 Å². The van der Waals surface area contributed by atoms with Crippen LogP contribution in [0.2, 0.25) is 0 Å². The number of nitriles is 1. The van der Waals surface area contributed by atoms with Crippen LogP contribution in [0.5, 0.6) is 0 Å². The number of rotatable bonds is 1. The average Bonchev–Trinajstić information content (AvgIpc) is 2.71. The lowest BCUT2D eigenvalue weighted by Gasteiger charge is -2.14. The molecule has 3 rings (SSSR count). The first-order valence-electron chi connectivity index (χ1n) is 7.05. The van der Waals surface area contributed by atoms with E-state index >= 15 is 0 Å². The largest absolute Gasteiger partial charge is 0.325 e. The number of nitrogens with one attached hydrogen (secondary N) is 1. The standard InChI is InChI=1S/C17H16N2O/c18-11-14-16(12-7-3-1-4-8-12)13-9-5-2-6-10-15(13)19-17(14)20/h1,3-4,7-8H,2,5-6,9-10H2,(H,19,20). The fourth-order valence-corrected chi connectivity index (χ4v) is 2.99. The zero-order valence-electron chi connectivity index (χ0n) is 11.3. The third-order valence-electron chi connectivity index (χ3n) is 3.94. The van der Waals surface area contributed by atoms with E-state index in [1.165, 1.54) is 6.42 Å². The predicted molar refractivity (Wildman–Crippen MR) is 78.5 cm³/mol. The molecule has 0 amide bonds. The van der Waals surface area contributed by atoms with Crippen LogP contribution in [0.1, 0.15) is 36.1 Å². The van der Waals surface area contributed by atoms with E-state index < -0.39 is 0 Å². The molecule has 3 nitrogen and oxygen atoms in total. The van der Waals surface area contributed by atoms with Crippen molar-refractivity contribution in [2.75, 3.05) is 0 Å². The number of aromatic nitrogens is 1. The molecule has 1 heterocycles. The van der Waals surface area contributed by atoms with E-state index in [2.05, 4.69) is 11.1 Å². The maximum absolute atomic E-state index is 12.2. The van der Waals surface area contributed by atoms with Crippen molar-refractivity contribution in [3.63, 3.8) is 0 Å². The van der Waals surface area contributed by atoms with Gasteiger partial charge in [-0.15, -0.1) is 0 Å². The summed E-state index contributed by atoms with van der Waals surface area (Å²) >= 11 is 0. The molecule has 1 aliphatic rings. The molecular formula is C17H16N2O. The Labute approximate surface area is 117 Å². The Morgan fingerprint density at radius 1 is 1.05 bits per heavy atom. The normalized spacial score (nSPS) is 14.2. The van der Waals surface area contributed by atoms with E-state index in [0.29, 0.717) is 0 Å². The van der Waals surface area contributed by atoms with E-state index in [1.54, 1.807) is 0 Å². The van der Waals surface area contributed by atoms with Crippen LogP contribution >= 0.6 is 0 Å². The molecule has 0 spiro atoms. The predicted octanol–water partition coefficient (Wildman–Crippen LogP) is 3.18. The molecule has 1 aliphatic carbocycles. The minimum atomic E-state index is -0.257. The second kappa shape index (κ2) is 5.34. The molecule has 100 valence electrons. The van der Waals surface area contributed by atoms with Crippen molar-refractivity contribution in [2.24, 2.45) is 0 Å². The highest BCUT2D eigenvalue weighted by molar-refractivity contribution is 5.74. The quantitative estimate of drug-likeness (QED) is 0.804. The van der Waals surface area contributed by atoms with E-state index in [1.807, 2.05) is 30.3 Å². The molecule has 1 N–H and O–H groups in total. The average molecular weight is 264 g/mol. The first kappa shape index (κ1) is 12.7. The molecule has 1 aromatic heterocycles. The fraction of sp³-hybridized carbons (Fsp3) is 0.294. The summed E-state index contributed by atoms with van der Waals surface area (Å²) in [5.74, 6) is 0. The van der Waals surface area contributed by atoms with Crippen LogP contribution in [0.15, 0.2) is 35.1 Å². The summed E-state index contributed by atoms with van der Waals surface area (Å²) in [6.45, 7) is 0. The number of aromatic amines is 1. The van der Waals surface area contributed by atoms with Gasteiger partial charge in [-0.2, -0.15) is 5.26 Å². The van der Waals surface area contributed by atoms with Crippen molar-refractivity contribution in [3.8, 4) is 17.2 Å². The van der Waals surface area contributed by atoms with Gasteiger partial charge in [0.15, 0.2) is 0 Å². The van der Waals surface area contributed by atoms with Crippen molar-refractivity contribution in [1.82, 2.24) is 4.98 Å². The number of fused-ring (bicyclic) bond motifs is 1. The summed E-state index contributed by atoms with van der Waals surface area (Å²) in [5, 5.41) is 9.36. The molecule has 0 saturated heterocycles. The number of hydrogen-bond acceptors (Lipinski definition) is 2. The van der Waals surface area contributed by atoms with Crippen LogP contribution in [0.25, 0.3) is 11.1 Å². The molecule has 3 heteroatoms. The summed E-state index contributed by atoms with van der Waals surface area (Å²) in [6, 6.07) is 11.9. The first-order chi connectivity index (χ1) is 9.81.